The lowest BCUT2D eigenvalue weighted by Gasteiger charge is -2.20. The molecule has 0 aliphatic heterocycles. The van der Waals surface area contributed by atoms with Crippen LogP contribution in [-0.2, 0) is 4.79 Å². The highest BCUT2D eigenvalue weighted by Crippen LogP contribution is 2.25. The summed E-state index contributed by atoms with van der Waals surface area (Å²) in [6, 6.07) is 14.8. The minimum Gasteiger partial charge on any atom is -0.326 e. The molecule has 0 radical (unpaired) electrons. The van der Waals surface area contributed by atoms with E-state index in [2.05, 4.69) is 33.2 Å². The molecular weight excluding hydrogens is 427 g/mol. The monoisotopic (exact) mass is 448 g/mol. The van der Waals surface area contributed by atoms with Crippen LogP contribution in [0.5, 0.6) is 0 Å². The average molecular weight is 448 g/mol. The van der Waals surface area contributed by atoms with E-state index < -0.39 is 0 Å². The van der Waals surface area contributed by atoms with Gasteiger partial charge in [0.25, 0.3) is 5.91 Å². The predicted molar refractivity (Wildman–Crippen MR) is 109 cm³/mol. The zero-order chi connectivity index (χ0) is 17.6. The van der Waals surface area contributed by atoms with E-state index in [1.807, 2.05) is 36.4 Å². The predicted octanol–water partition coefficient (Wildman–Crippen LogP) is 5.06. The fraction of sp³-hybridized carbons (Fsp3) is 0.300. The molecule has 5 heteroatoms. The number of hydrogen-bond acceptors (Lipinski definition) is 2. The molecule has 0 saturated heterocycles. The Labute approximate surface area is 161 Å². The molecular formula is C20H21IN2O2. The molecule has 25 heavy (non-hydrogen) atoms. The highest BCUT2D eigenvalue weighted by molar-refractivity contribution is 14.1. The summed E-state index contributed by atoms with van der Waals surface area (Å²) in [5, 5.41) is 5.88. The molecule has 0 atom stereocenters. The van der Waals surface area contributed by atoms with Gasteiger partial charge in [0.05, 0.1) is 5.56 Å². The van der Waals surface area contributed by atoms with Crippen molar-refractivity contribution in [2.24, 2.45) is 5.92 Å². The SMILES string of the molecule is O=C(Nc1cccc(NC(=O)C2CCCCC2)c1)c1ccccc1I. The van der Waals surface area contributed by atoms with Gasteiger partial charge in [-0.15, -0.1) is 0 Å². The Morgan fingerprint density at radius 3 is 2.28 bits per heavy atom. The molecule has 2 aromatic carbocycles. The van der Waals surface area contributed by atoms with Crippen LogP contribution in [0.15, 0.2) is 48.5 Å². The Bertz CT molecular complexity index is 770. The van der Waals surface area contributed by atoms with Gasteiger partial charge in [0.1, 0.15) is 0 Å². The van der Waals surface area contributed by atoms with Crippen LogP contribution in [0.1, 0.15) is 42.5 Å². The van der Waals surface area contributed by atoms with Crippen molar-refractivity contribution in [2.45, 2.75) is 32.1 Å². The van der Waals surface area contributed by atoms with Crippen LogP contribution in [0.2, 0.25) is 0 Å². The first-order valence-electron chi connectivity index (χ1n) is 8.60. The van der Waals surface area contributed by atoms with Crippen molar-refractivity contribution in [1.29, 1.82) is 0 Å². The maximum absolute atomic E-state index is 12.4. The number of halogens is 1. The summed E-state index contributed by atoms with van der Waals surface area (Å²) in [7, 11) is 0. The summed E-state index contributed by atoms with van der Waals surface area (Å²) in [6.07, 6.45) is 5.42. The van der Waals surface area contributed by atoms with Gasteiger partial charge in [-0.05, 0) is 65.8 Å². The van der Waals surface area contributed by atoms with Gasteiger partial charge < -0.3 is 10.6 Å². The van der Waals surface area contributed by atoms with E-state index in [0.29, 0.717) is 11.3 Å². The fourth-order valence-corrected chi connectivity index (χ4v) is 3.76. The first-order valence-corrected chi connectivity index (χ1v) is 9.68. The van der Waals surface area contributed by atoms with Gasteiger partial charge in [-0.25, -0.2) is 0 Å². The number of nitrogens with one attached hydrogen (secondary N) is 2. The zero-order valence-corrected chi connectivity index (χ0v) is 16.1. The maximum atomic E-state index is 12.4. The molecule has 3 rings (SSSR count). The third kappa shape index (κ3) is 4.81. The molecule has 2 amide bonds. The quantitative estimate of drug-likeness (QED) is 0.643. The zero-order valence-electron chi connectivity index (χ0n) is 13.9. The summed E-state index contributed by atoms with van der Waals surface area (Å²) in [4.78, 5) is 24.8. The number of benzene rings is 2. The number of carbonyl (C=O) groups is 2. The van der Waals surface area contributed by atoms with Crippen molar-refractivity contribution >= 4 is 45.8 Å². The van der Waals surface area contributed by atoms with Gasteiger partial charge in [-0.3, -0.25) is 9.59 Å². The average Bonchev–Trinajstić information content (AvgIpc) is 2.63. The molecule has 130 valence electrons. The summed E-state index contributed by atoms with van der Waals surface area (Å²) >= 11 is 2.15. The van der Waals surface area contributed by atoms with Gasteiger partial charge >= 0.3 is 0 Å². The van der Waals surface area contributed by atoms with E-state index in [4.69, 9.17) is 0 Å². The van der Waals surface area contributed by atoms with Gasteiger partial charge in [0.15, 0.2) is 0 Å². The third-order valence-corrected chi connectivity index (χ3v) is 5.42. The second-order valence-electron chi connectivity index (χ2n) is 6.34. The van der Waals surface area contributed by atoms with Crippen LogP contribution in [0.4, 0.5) is 11.4 Å². The lowest BCUT2D eigenvalue weighted by molar-refractivity contribution is -0.120. The number of hydrogen-bond donors (Lipinski definition) is 2. The largest absolute Gasteiger partial charge is 0.326 e. The molecule has 2 aromatic rings. The van der Waals surface area contributed by atoms with Crippen molar-refractivity contribution in [3.8, 4) is 0 Å². The summed E-state index contributed by atoms with van der Waals surface area (Å²) in [5.41, 5.74) is 2.03. The van der Waals surface area contributed by atoms with E-state index in [0.717, 1.165) is 34.9 Å². The van der Waals surface area contributed by atoms with Crippen LogP contribution < -0.4 is 10.6 Å². The second kappa shape index (κ2) is 8.47. The van der Waals surface area contributed by atoms with Gasteiger partial charge in [-0.2, -0.15) is 0 Å². The topological polar surface area (TPSA) is 58.2 Å². The molecule has 1 saturated carbocycles. The smallest absolute Gasteiger partial charge is 0.256 e. The fourth-order valence-electron chi connectivity index (χ4n) is 3.13. The van der Waals surface area contributed by atoms with Crippen LogP contribution in [-0.4, -0.2) is 11.8 Å². The summed E-state index contributed by atoms with van der Waals surface area (Å²) in [5.74, 6) is 0.0411. The van der Waals surface area contributed by atoms with Crippen molar-refractivity contribution in [3.63, 3.8) is 0 Å². The first-order chi connectivity index (χ1) is 12.1. The van der Waals surface area contributed by atoms with Crippen molar-refractivity contribution in [3.05, 3.63) is 57.7 Å². The molecule has 0 unspecified atom stereocenters. The molecule has 0 bridgehead atoms. The van der Waals surface area contributed by atoms with E-state index in [1.165, 1.54) is 6.42 Å². The summed E-state index contributed by atoms with van der Waals surface area (Å²) < 4.78 is 0.902. The van der Waals surface area contributed by atoms with Gasteiger partial charge in [0.2, 0.25) is 5.91 Å². The van der Waals surface area contributed by atoms with Gasteiger partial charge in [0, 0.05) is 20.9 Å². The van der Waals surface area contributed by atoms with E-state index >= 15 is 0 Å². The van der Waals surface area contributed by atoms with Crippen LogP contribution >= 0.6 is 22.6 Å². The molecule has 2 N–H and O–H groups in total. The van der Waals surface area contributed by atoms with Crippen LogP contribution in [0.25, 0.3) is 0 Å². The Balaban J connectivity index is 1.66. The first kappa shape index (κ1) is 17.9. The minimum atomic E-state index is -0.152. The molecule has 0 aromatic heterocycles. The highest BCUT2D eigenvalue weighted by Gasteiger charge is 2.21. The molecule has 0 heterocycles. The second-order valence-corrected chi connectivity index (χ2v) is 7.50. The molecule has 4 nitrogen and oxygen atoms in total. The van der Waals surface area contributed by atoms with E-state index in [-0.39, 0.29) is 17.7 Å². The molecule has 1 aliphatic rings. The molecule has 1 aliphatic carbocycles. The normalized spacial score (nSPS) is 14.8. The van der Waals surface area contributed by atoms with Crippen LogP contribution in [0, 0.1) is 9.49 Å². The maximum Gasteiger partial charge on any atom is 0.256 e. The third-order valence-electron chi connectivity index (χ3n) is 4.48. The lowest BCUT2D eigenvalue weighted by Crippen LogP contribution is -2.24. The van der Waals surface area contributed by atoms with E-state index in [1.54, 1.807) is 12.1 Å². The Kier molecular flexibility index (Phi) is 6.07. The van der Waals surface area contributed by atoms with Crippen LogP contribution in [0.3, 0.4) is 0 Å². The number of carbonyl (C=O) groups excluding carboxylic acids is 2. The summed E-state index contributed by atoms with van der Waals surface area (Å²) in [6.45, 7) is 0. The number of amides is 2. The number of anilines is 2. The van der Waals surface area contributed by atoms with Crippen molar-refractivity contribution < 1.29 is 9.59 Å². The van der Waals surface area contributed by atoms with Crippen molar-refractivity contribution in [1.82, 2.24) is 0 Å². The van der Waals surface area contributed by atoms with Gasteiger partial charge in [-0.1, -0.05) is 37.5 Å². The standard InChI is InChI=1S/C20H21IN2O2/c21-18-12-5-4-11-17(18)20(25)23-16-10-6-9-15(13-16)22-19(24)14-7-2-1-3-8-14/h4-6,9-14H,1-3,7-8H2,(H,22,24)(H,23,25). The Hall–Kier alpha value is -1.89. The van der Waals surface area contributed by atoms with Crippen molar-refractivity contribution in [2.75, 3.05) is 10.6 Å². The lowest BCUT2D eigenvalue weighted by atomic mass is 9.88. The highest BCUT2D eigenvalue weighted by atomic mass is 127. The minimum absolute atomic E-state index is 0.0841. The Morgan fingerprint density at radius 1 is 0.880 bits per heavy atom. The van der Waals surface area contributed by atoms with E-state index in [9.17, 15) is 9.59 Å². The molecule has 0 spiro atoms. The number of rotatable bonds is 4. The Morgan fingerprint density at radius 2 is 1.56 bits per heavy atom. The molecule has 1 fully saturated rings.